The number of anilines is 1. The summed E-state index contributed by atoms with van der Waals surface area (Å²) in [6, 6.07) is 12.0. The lowest BCUT2D eigenvalue weighted by Crippen LogP contribution is -2.18. The third-order valence-corrected chi connectivity index (χ3v) is 2.99. The lowest BCUT2D eigenvalue weighted by atomic mass is 10.2. The zero-order chi connectivity index (χ0) is 13.2. The van der Waals surface area contributed by atoms with Gasteiger partial charge >= 0.3 is 0 Å². The van der Waals surface area contributed by atoms with Crippen molar-refractivity contribution in [2.24, 2.45) is 0 Å². The van der Waals surface area contributed by atoms with Crippen molar-refractivity contribution in [2.75, 3.05) is 11.9 Å². The standard InChI is InChI=1S/C15H15N3O/c1-11-7-8-16-15(17-11)18(2)10-13-9-12-5-3-4-6-14(12)19-13/h3-9H,10H2,1-2H3. The minimum Gasteiger partial charge on any atom is -0.459 e. The summed E-state index contributed by atoms with van der Waals surface area (Å²) < 4.78 is 5.79. The molecule has 0 radical (unpaired) electrons. The molecule has 3 aromatic rings. The van der Waals surface area contributed by atoms with E-state index in [-0.39, 0.29) is 0 Å². The first-order chi connectivity index (χ1) is 9.22. The fourth-order valence-electron chi connectivity index (χ4n) is 2.04. The molecule has 0 aliphatic heterocycles. The third-order valence-electron chi connectivity index (χ3n) is 2.99. The first-order valence-electron chi connectivity index (χ1n) is 6.20. The highest BCUT2D eigenvalue weighted by Gasteiger charge is 2.09. The summed E-state index contributed by atoms with van der Waals surface area (Å²) in [4.78, 5) is 10.6. The summed E-state index contributed by atoms with van der Waals surface area (Å²) in [6.45, 7) is 2.61. The first-order valence-corrected chi connectivity index (χ1v) is 6.20. The van der Waals surface area contributed by atoms with Crippen molar-refractivity contribution in [1.29, 1.82) is 0 Å². The Kier molecular flexibility index (Phi) is 2.91. The Morgan fingerprint density at radius 3 is 2.84 bits per heavy atom. The van der Waals surface area contributed by atoms with Crippen molar-refractivity contribution in [3.05, 3.63) is 54.0 Å². The van der Waals surface area contributed by atoms with E-state index in [0.29, 0.717) is 12.5 Å². The van der Waals surface area contributed by atoms with Crippen molar-refractivity contribution >= 4 is 16.9 Å². The van der Waals surface area contributed by atoms with Gasteiger partial charge in [0.25, 0.3) is 0 Å². The number of hydrogen-bond acceptors (Lipinski definition) is 4. The molecule has 4 nitrogen and oxygen atoms in total. The molecular formula is C15H15N3O. The summed E-state index contributed by atoms with van der Waals surface area (Å²) >= 11 is 0. The van der Waals surface area contributed by atoms with Crippen molar-refractivity contribution in [1.82, 2.24) is 9.97 Å². The number of hydrogen-bond donors (Lipinski definition) is 0. The van der Waals surface area contributed by atoms with Crippen LogP contribution in [-0.4, -0.2) is 17.0 Å². The van der Waals surface area contributed by atoms with Gasteiger partial charge in [-0.25, -0.2) is 9.97 Å². The molecule has 96 valence electrons. The van der Waals surface area contributed by atoms with E-state index in [2.05, 4.69) is 16.0 Å². The number of aromatic nitrogens is 2. The smallest absolute Gasteiger partial charge is 0.225 e. The Bertz CT molecular complexity index is 672. The summed E-state index contributed by atoms with van der Waals surface area (Å²) in [5.74, 6) is 1.62. The first kappa shape index (κ1) is 11.7. The molecule has 0 fully saturated rings. The summed E-state index contributed by atoms with van der Waals surface area (Å²) in [5.41, 5.74) is 1.87. The van der Waals surface area contributed by atoms with Crippen molar-refractivity contribution in [3.8, 4) is 0 Å². The number of rotatable bonds is 3. The number of aryl methyl sites for hydroxylation is 1. The van der Waals surface area contributed by atoms with E-state index in [0.717, 1.165) is 22.4 Å². The number of nitrogens with zero attached hydrogens (tertiary/aromatic N) is 3. The Balaban J connectivity index is 1.84. The van der Waals surface area contributed by atoms with Gasteiger partial charge in [0.05, 0.1) is 6.54 Å². The second-order valence-corrected chi connectivity index (χ2v) is 4.60. The van der Waals surface area contributed by atoms with E-state index in [9.17, 15) is 0 Å². The number of para-hydroxylation sites is 1. The normalized spacial score (nSPS) is 10.8. The number of fused-ring (bicyclic) bond motifs is 1. The number of benzene rings is 1. The molecule has 0 amide bonds. The van der Waals surface area contributed by atoms with Crippen molar-refractivity contribution < 1.29 is 4.42 Å². The minimum absolute atomic E-state index is 0.651. The maximum absolute atomic E-state index is 5.79. The van der Waals surface area contributed by atoms with E-state index < -0.39 is 0 Å². The van der Waals surface area contributed by atoms with Gasteiger partial charge in [-0.3, -0.25) is 0 Å². The fraction of sp³-hybridized carbons (Fsp3) is 0.200. The van der Waals surface area contributed by atoms with Gasteiger partial charge in [-0.05, 0) is 25.1 Å². The van der Waals surface area contributed by atoms with Gasteiger partial charge < -0.3 is 9.32 Å². The SMILES string of the molecule is Cc1ccnc(N(C)Cc2cc3ccccc3o2)n1. The highest BCUT2D eigenvalue weighted by atomic mass is 16.3. The van der Waals surface area contributed by atoms with Gasteiger partial charge in [-0.2, -0.15) is 0 Å². The predicted molar refractivity (Wildman–Crippen MR) is 75.1 cm³/mol. The van der Waals surface area contributed by atoms with Crippen molar-refractivity contribution in [3.63, 3.8) is 0 Å². The van der Waals surface area contributed by atoms with Crippen LogP contribution in [0.15, 0.2) is 47.0 Å². The Morgan fingerprint density at radius 2 is 2.05 bits per heavy atom. The maximum atomic E-state index is 5.79. The molecule has 0 unspecified atom stereocenters. The molecule has 19 heavy (non-hydrogen) atoms. The molecule has 0 saturated heterocycles. The van der Waals surface area contributed by atoms with Gasteiger partial charge in [-0.1, -0.05) is 18.2 Å². The molecule has 0 aliphatic rings. The molecule has 0 saturated carbocycles. The van der Waals surface area contributed by atoms with Crippen LogP contribution in [0.25, 0.3) is 11.0 Å². The molecule has 1 aromatic carbocycles. The lowest BCUT2D eigenvalue weighted by molar-refractivity contribution is 0.544. The van der Waals surface area contributed by atoms with Crippen LogP contribution in [0.3, 0.4) is 0 Å². The van der Waals surface area contributed by atoms with Crippen LogP contribution in [-0.2, 0) is 6.54 Å². The molecule has 3 rings (SSSR count). The molecule has 0 spiro atoms. The monoisotopic (exact) mass is 253 g/mol. The van der Waals surface area contributed by atoms with Crippen LogP contribution in [0.1, 0.15) is 11.5 Å². The third kappa shape index (κ3) is 2.42. The highest BCUT2D eigenvalue weighted by molar-refractivity contribution is 5.77. The van der Waals surface area contributed by atoms with Crippen molar-refractivity contribution in [2.45, 2.75) is 13.5 Å². The molecule has 4 heteroatoms. The zero-order valence-corrected chi connectivity index (χ0v) is 11.0. The van der Waals surface area contributed by atoms with E-state index in [1.807, 2.05) is 49.2 Å². The average Bonchev–Trinajstić information content (AvgIpc) is 2.80. The molecule has 2 heterocycles. The van der Waals surface area contributed by atoms with Gasteiger partial charge in [0, 0.05) is 24.3 Å². The van der Waals surface area contributed by atoms with Crippen LogP contribution in [0.5, 0.6) is 0 Å². The van der Waals surface area contributed by atoms with Gasteiger partial charge in [0.1, 0.15) is 11.3 Å². The Labute approximate surface area is 111 Å². The van der Waals surface area contributed by atoms with Crippen LogP contribution in [0.2, 0.25) is 0 Å². The Hall–Kier alpha value is -2.36. The van der Waals surface area contributed by atoms with Gasteiger partial charge in [0.15, 0.2) is 0 Å². The van der Waals surface area contributed by atoms with E-state index in [1.165, 1.54) is 0 Å². The second-order valence-electron chi connectivity index (χ2n) is 4.60. The highest BCUT2D eigenvalue weighted by Crippen LogP contribution is 2.20. The maximum Gasteiger partial charge on any atom is 0.225 e. The number of furan rings is 1. The van der Waals surface area contributed by atoms with Crippen LogP contribution >= 0.6 is 0 Å². The largest absolute Gasteiger partial charge is 0.459 e. The molecule has 2 aromatic heterocycles. The zero-order valence-electron chi connectivity index (χ0n) is 11.0. The van der Waals surface area contributed by atoms with E-state index in [1.54, 1.807) is 6.20 Å². The van der Waals surface area contributed by atoms with Gasteiger partial charge in [0.2, 0.25) is 5.95 Å². The van der Waals surface area contributed by atoms with Gasteiger partial charge in [-0.15, -0.1) is 0 Å². The summed E-state index contributed by atoms with van der Waals surface area (Å²) in [7, 11) is 1.96. The quantitative estimate of drug-likeness (QED) is 0.719. The molecule has 0 aliphatic carbocycles. The van der Waals surface area contributed by atoms with Crippen LogP contribution in [0, 0.1) is 6.92 Å². The second kappa shape index (κ2) is 4.72. The molecule has 0 bridgehead atoms. The molecular weight excluding hydrogens is 238 g/mol. The fourth-order valence-corrected chi connectivity index (χ4v) is 2.04. The van der Waals surface area contributed by atoms with E-state index in [4.69, 9.17) is 4.42 Å². The van der Waals surface area contributed by atoms with Crippen LogP contribution < -0.4 is 4.90 Å². The average molecular weight is 253 g/mol. The van der Waals surface area contributed by atoms with E-state index >= 15 is 0 Å². The topological polar surface area (TPSA) is 42.2 Å². The lowest BCUT2D eigenvalue weighted by Gasteiger charge is -2.15. The summed E-state index contributed by atoms with van der Waals surface area (Å²) in [6.07, 6.45) is 1.77. The van der Waals surface area contributed by atoms with Crippen LogP contribution in [0.4, 0.5) is 5.95 Å². The molecule has 0 atom stereocenters. The Morgan fingerprint density at radius 1 is 1.21 bits per heavy atom. The minimum atomic E-state index is 0.651. The predicted octanol–water partition coefficient (Wildman–Crippen LogP) is 3.17. The molecule has 0 N–H and O–H groups in total. The summed E-state index contributed by atoms with van der Waals surface area (Å²) in [5, 5.41) is 1.12.